The van der Waals surface area contributed by atoms with E-state index in [0.29, 0.717) is 11.3 Å². The molecule has 0 spiro atoms. The van der Waals surface area contributed by atoms with Crippen molar-refractivity contribution < 1.29 is 9.53 Å². The Labute approximate surface area is 108 Å². The summed E-state index contributed by atoms with van der Waals surface area (Å²) in [6.07, 6.45) is 4.99. The number of Topliss-reactive ketones (excluding diaryl/α,β-unsaturated/α-hetero) is 1. The maximum absolute atomic E-state index is 11.4. The summed E-state index contributed by atoms with van der Waals surface area (Å²) in [6, 6.07) is 5.36. The van der Waals surface area contributed by atoms with Gasteiger partial charge in [0.15, 0.2) is 5.78 Å². The van der Waals surface area contributed by atoms with E-state index in [1.54, 1.807) is 12.1 Å². The van der Waals surface area contributed by atoms with Crippen LogP contribution in [-0.2, 0) is 0 Å². The Balaban J connectivity index is 2.09. The molecule has 0 aromatic heterocycles. The van der Waals surface area contributed by atoms with Gasteiger partial charge in [0, 0.05) is 11.3 Å². The van der Waals surface area contributed by atoms with Crippen molar-refractivity contribution in [1.82, 2.24) is 0 Å². The number of carbonyl (C=O) groups is 1. The zero-order valence-corrected chi connectivity index (χ0v) is 11.1. The molecule has 2 N–H and O–H groups in total. The number of hydrogen-bond donors (Lipinski definition) is 1. The molecule has 0 radical (unpaired) electrons. The lowest BCUT2D eigenvalue weighted by Crippen LogP contribution is -2.24. The number of rotatable bonds is 3. The normalized spacial score (nSPS) is 23.7. The first kappa shape index (κ1) is 12.9. The zero-order chi connectivity index (χ0) is 13.1. The fraction of sp³-hybridized carbons (Fsp3) is 0.533. The minimum absolute atomic E-state index is 0.0186. The Morgan fingerprint density at radius 3 is 2.83 bits per heavy atom. The Morgan fingerprint density at radius 2 is 2.17 bits per heavy atom. The van der Waals surface area contributed by atoms with E-state index in [1.807, 2.05) is 6.07 Å². The van der Waals surface area contributed by atoms with Crippen LogP contribution in [0, 0.1) is 5.92 Å². The van der Waals surface area contributed by atoms with Crippen molar-refractivity contribution in [2.24, 2.45) is 5.92 Å². The molecular formula is C15H21NO2. The van der Waals surface area contributed by atoms with Crippen molar-refractivity contribution in [3.63, 3.8) is 0 Å². The van der Waals surface area contributed by atoms with Gasteiger partial charge in [0.1, 0.15) is 5.75 Å². The molecule has 0 aliphatic heterocycles. The van der Waals surface area contributed by atoms with Gasteiger partial charge in [-0.25, -0.2) is 0 Å². The molecule has 0 amide bonds. The van der Waals surface area contributed by atoms with Crippen LogP contribution in [0.3, 0.4) is 0 Å². The van der Waals surface area contributed by atoms with Gasteiger partial charge in [-0.3, -0.25) is 4.79 Å². The van der Waals surface area contributed by atoms with Crippen LogP contribution in [0.1, 0.15) is 49.9 Å². The van der Waals surface area contributed by atoms with Crippen LogP contribution >= 0.6 is 0 Å². The fourth-order valence-electron chi connectivity index (χ4n) is 2.59. The molecular weight excluding hydrogens is 226 g/mol. The third kappa shape index (κ3) is 3.03. The first-order valence-electron chi connectivity index (χ1n) is 6.63. The summed E-state index contributed by atoms with van der Waals surface area (Å²) < 4.78 is 5.96. The first-order chi connectivity index (χ1) is 8.56. The van der Waals surface area contributed by atoms with Crippen molar-refractivity contribution in [2.75, 3.05) is 5.73 Å². The molecule has 0 bridgehead atoms. The second kappa shape index (κ2) is 5.42. The highest BCUT2D eigenvalue weighted by molar-refractivity contribution is 5.99. The van der Waals surface area contributed by atoms with E-state index in [4.69, 9.17) is 10.5 Å². The number of carbonyl (C=O) groups excluding carboxylic acids is 1. The molecule has 2 atom stereocenters. The van der Waals surface area contributed by atoms with Gasteiger partial charge in [-0.05, 0) is 50.3 Å². The van der Waals surface area contributed by atoms with Crippen LogP contribution in [0.4, 0.5) is 5.69 Å². The second-order valence-corrected chi connectivity index (χ2v) is 5.32. The smallest absolute Gasteiger partial charge is 0.162 e. The van der Waals surface area contributed by atoms with Crippen molar-refractivity contribution >= 4 is 11.5 Å². The Bertz CT molecular complexity index is 442. The molecule has 18 heavy (non-hydrogen) atoms. The van der Waals surface area contributed by atoms with Crippen molar-refractivity contribution in [2.45, 2.75) is 45.6 Å². The van der Waals surface area contributed by atoms with Gasteiger partial charge in [0.2, 0.25) is 0 Å². The number of benzene rings is 1. The monoisotopic (exact) mass is 247 g/mol. The topological polar surface area (TPSA) is 52.3 Å². The molecule has 1 aromatic carbocycles. The van der Waals surface area contributed by atoms with Crippen molar-refractivity contribution in [3.8, 4) is 5.75 Å². The minimum atomic E-state index is -0.0186. The third-order valence-corrected chi connectivity index (χ3v) is 3.60. The standard InChI is InChI=1S/C15H21NO2/c1-10-4-3-5-12(8-10)18-13-6-7-15(16)14(9-13)11(2)17/h6-7,9-10,12H,3-5,8,16H2,1-2H3. The van der Waals surface area contributed by atoms with E-state index in [2.05, 4.69) is 6.92 Å². The summed E-state index contributed by atoms with van der Waals surface area (Å²) in [7, 11) is 0. The predicted octanol–water partition coefficient (Wildman–Crippen LogP) is 3.43. The van der Waals surface area contributed by atoms with Gasteiger partial charge in [0.05, 0.1) is 6.10 Å². The van der Waals surface area contributed by atoms with Crippen molar-refractivity contribution in [3.05, 3.63) is 23.8 Å². The molecule has 3 nitrogen and oxygen atoms in total. The van der Waals surface area contributed by atoms with Crippen LogP contribution in [0.5, 0.6) is 5.75 Å². The van der Waals surface area contributed by atoms with E-state index in [1.165, 1.54) is 19.8 Å². The molecule has 1 aliphatic carbocycles. The van der Waals surface area contributed by atoms with Gasteiger partial charge in [-0.2, -0.15) is 0 Å². The highest BCUT2D eigenvalue weighted by Crippen LogP contribution is 2.28. The number of ketones is 1. The highest BCUT2D eigenvalue weighted by Gasteiger charge is 2.20. The maximum Gasteiger partial charge on any atom is 0.162 e. The molecule has 1 aliphatic rings. The van der Waals surface area contributed by atoms with Crippen LogP contribution in [0.25, 0.3) is 0 Å². The lowest BCUT2D eigenvalue weighted by molar-refractivity contribution is 0.101. The lowest BCUT2D eigenvalue weighted by atomic mass is 9.89. The summed E-state index contributed by atoms with van der Waals surface area (Å²) in [5.41, 5.74) is 6.84. The highest BCUT2D eigenvalue weighted by atomic mass is 16.5. The zero-order valence-electron chi connectivity index (χ0n) is 11.1. The number of nitrogen functional groups attached to an aromatic ring is 1. The number of ether oxygens (including phenoxy) is 1. The van der Waals surface area contributed by atoms with Crippen LogP contribution in [-0.4, -0.2) is 11.9 Å². The van der Waals surface area contributed by atoms with Crippen LogP contribution < -0.4 is 10.5 Å². The molecule has 2 unspecified atom stereocenters. The summed E-state index contributed by atoms with van der Waals surface area (Å²) in [4.78, 5) is 11.4. The largest absolute Gasteiger partial charge is 0.490 e. The second-order valence-electron chi connectivity index (χ2n) is 5.32. The Hall–Kier alpha value is -1.51. The number of hydrogen-bond acceptors (Lipinski definition) is 3. The van der Waals surface area contributed by atoms with Crippen LogP contribution in [0.2, 0.25) is 0 Å². The van der Waals surface area contributed by atoms with Gasteiger partial charge in [-0.15, -0.1) is 0 Å². The lowest BCUT2D eigenvalue weighted by Gasteiger charge is -2.27. The molecule has 0 heterocycles. The molecule has 3 heteroatoms. The molecule has 1 fully saturated rings. The van der Waals surface area contributed by atoms with Gasteiger partial charge in [0.25, 0.3) is 0 Å². The predicted molar refractivity (Wildman–Crippen MR) is 72.9 cm³/mol. The van der Waals surface area contributed by atoms with E-state index in [0.717, 1.165) is 24.5 Å². The molecule has 98 valence electrons. The average molecular weight is 247 g/mol. The summed E-state index contributed by atoms with van der Waals surface area (Å²) in [5, 5.41) is 0. The summed E-state index contributed by atoms with van der Waals surface area (Å²) >= 11 is 0. The van der Waals surface area contributed by atoms with E-state index in [9.17, 15) is 4.79 Å². The molecule has 2 rings (SSSR count). The third-order valence-electron chi connectivity index (χ3n) is 3.60. The van der Waals surface area contributed by atoms with Gasteiger partial charge < -0.3 is 10.5 Å². The minimum Gasteiger partial charge on any atom is -0.490 e. The van der Waals surface area contributed by atoms with E-state index >= 15 is 0 Å². The molecule has 1 saturated carbocycles. The van der Waals surface area contributed by atoms with Crippen molar-refractivity contribution in [1.29, 1.82) is 0 Å². The summed E-state index contributed by atoms with van der Waals surface area (Å²) in [6.45, 7) is 3.79. The average Bonchev–Trinajstić information content (AvgIpc) is 2.31. The van der Waals surface area contributed by atoms with Gasteiger partial charge >= 0.3 is 0 Å². The number of nitrogens with two attached hydrogens (primary N) is 1. The maximum atomic E-state index is 11.4. The van der Waals surface area contributed by atoms with E-state index < -0.39 is 0 Å². The van der Waals surface area contributed by atoms with E-state index in [-0.39, 0.29) is 11.9 Å². The SMILES string of the molecule is CC(=O)c1cc(OC2CCCC(C)C2)ccc1N. The quantitative estimate of drug-likeness (QED) is 0.657. The van der Waals surface area contributed by atoms with Crippen LogP contribution in [0.15, 0.2) is 18.2 Å². The number of anilines is 1. The fourth-order valence-corrected chi connectivity index (χ4v) is 2.59. The first-order valence-corrected chi connectivity index (χ1v) is 6.63. The van der Waals surface area contributed by atoms with Gasteiger partial charge in [-0.1, -0.05) is 13.3 Å². The Morgan fingerprint density at radius 1 is 1.39 bits per heavy atom. The molecule has 1 aromatic rings. The summed E-state index contributed by atoms with van der Waals surface area (Å²) in [5.74, 6) is 1.47. The molecule has 0 saturated heterocycles. The Kier molecular flexibility index (Phi) is 3.90.